The molecular weight excluding hydrogens is 200 g/mol. The summed E-state index contributed by atoms with van der Waals surface area (Å²) in [6.45, 7) is 5.55. The smallest absolute Gasteiger partial charge is 0.123 e. The van der Waals surface area contributed by atoms with Crippen LogP contribution in [0.5, 0.6) is 5.75 Å². The summed E-state index contributed by atoms with van der Waals surface area (Å²) >= 11 is 0. The topological polar surface area (TPSA) is 21.8 Å². The van der Waals surface area contributed by atoms with E-state index in [0.29, 0.717) is 6.61 Å². The van der Waals surface area contributed by atoms with E-state index in [4.69, 9.17) is 9.47 Å². The molecule has 1 heterocycles. The number of rotatable bonds is 5. The molecule has 0 aromatic heterocycles. The molecule has 1 saturated heterocycles. The van der Waals surface area contributed by atoms with Crippen molar-refractivity contribution in [2.75, 3.05) is 13.2 Å². The van der Waals surface area contributed by atoms with Gasteiger partial charge in [-0.2, -0.15) is 0 Å². The van der Waals surface area contributed by atoms with E-state index >= 15 is 0 Å². The second-order valence-corrected chi connectivity index (χ2v) is 4.41. The first kappa shape index (κ1) is 11.2. The van der Waals surface area contributed by atoms with Gasteiger partial charge in [-0.1, -0.05) is 30.4 Å². The largest absolute Gasteiger partial charge is 0.490 e. The predicted octanol–water partition coefficient (Wildman–Crippen LogP) is 2.97. The van der Waals surface area contributed by atoms with Gasteiger partial charge in [-0.3, -0.25) is 0 Å². The van der Waals surface area contributed by atoms with Gasteiger partial charge in [0.2, 0.25) is 0 Å². The van der Waals surface area contributed by atoms with Crippen molar-refractivity contribution in [1.82, 2.24) is 0 Å². The molecule has 1 aliphatic heterocycles. The highest BCUT2D eigenvalue weighted by Gasteiger charge is 2.40. The fourth-order valence-corrected chi connectivity index (χ4v) is 1.50. The Kier molecular flexibility index (Phi) is 3.30. The molecule has 1 atom stereocenters. The molecule has 1 aliphatic rings. The molecule has 0 spiro atoms. The Morgan fingerprint density at radius 2 is 2.19 bits per heavy atom. The van der Waals surface area contributed by atoms with Crippen LogP contribution in [0.2, 0.25) is 0 Å². The normalized spacial score (nSPS) is 23.6. The first-order valence-corrected chi connectivity index (χ1v) is 5.69. The van der Waals surface area contributed by atoms with Crippen LogP contribution >= 0.6 is 0 Å². The summed E-state index contributed by atoms with van der Waals surface area (Å²) in [6.07, 6.45) is 5.11. The van der Waals surface area contributed by atoms with E-state index in [1.54, 1.807) is 0 Å². The van der Waals surface area contributed by atoms with Gasteiger partial charge in [0.1, 0.15) is 18.0 Å². The van der Waals surface area contributed by atoms with Crippen LogP contribution in [0, 0.1) is 0 Å². The third kappa shape index (κ3) is 2.86. The Morgan fingerprint density at radius 1 is 1.44 bits per heavy atom. The minimum atomic E-state index is -0.0479. The van der Waals surface area contributed by atoms with Gasteiger partial charge in [-0.25, -0.2) is 0 Å². The van der Waals surface area contributed by atoms with E-state index in [9.17, 15) is 0 Å². The molecule has 2 nitrogen and oxygen atoms in total. The Morgan fingerprint density at radius 3 is 2.88 bits per heavy atom. The van der Waals surface area contributed by atoms with Crippen LogP contribution in [-0.4, -0.2) is 18.8 Å². The molecule has 0 saturated carbocycles. The van der Waals surface area contributed by atoms with Crippen molar-refractivity contribution < 1.29 is 9.47 Å². The molecular formula is C14H18O2. The van der Waals surface area contributed by atoms with Crippen molar-refractivity contribution in [3.63, 3.8) is 0 Å². The highest BCUT2D eigenvalue weighted by Crippen LogP contribution is 2.28. The van der Waals surface area contributed by atoms with Crippen LogP contribution in [0.3, 0.4) is 0 Å². The second-order valence-electron chi connectivity index (χ2n) is 4.41. The van der Waals surface area contributed by atoms with E-state index < -0.39 is 0 Å². The van der Waals surface area contributed by atoms with Crippen molar-refractivity contribution in [1.29, 1.82) is 0 Å². The van der Waals surface area contributed by atoms with Gasteiger partial charge in [0.05, 0.1) is 6.61 Å². The van der Waals surface area contributed by atoms with Gasteiger partial charge in [-0.05, 0) is 31.9 Å². The number of para-hydroxylation sites is 1. The van der Waals surface area contributed by atoms with Crippen molar-refractivity contribution in [3.05, 3.63) is 42.0 Å². The molecule has 2 heteroatoms. The van der Waals surface area contributed by atoms with Gasteiger partial charge in [0, 0.05) is 0 Å². The van der Waals surface area contributed by atoms with Crippen LogP contribution in [0.4, 0.5) is 0 Å². The third-order valence-corrected chi connectivity index (χ3v) is 2.72. The van der Waals surface area contributed by atoms with Crippen LogP contribution in [0.1, 0.15) is 19.4 Å². The first-order chi connectivity index (χ1) is 7.73. The summed E-state index contributed by atoms with van der Waals surface area (Å²) in [4.78, 5) is 0. The van der Waals surface area contributed by atoms with Crippen molar-refractivity contribution in [3.8, 4) is 5.75 Å². The van der Waals surface area contributed by atoms with Gasteiger partial charge in [0.15, 0.2) is 0 Å². The molecule has 1 aromatic carbocycles. The van der Waals surface area contributed by atoms with Gasteiger partial charge >= 0.3 is 0 Å². The van der Waals surface area contributed by atoms with E-state index in [2.05, 4.69) is 25.1 Å². The minimum absolute atomic E-state index is 0.0479. The highest BCUT2D eigenvalue weighted by molar-refractivity contribution is 5.34. The fourth-order valence-electron chi connectivity index (χ4n) is 1.50. The molecule has 1 unspecified atom stereocenters. The Bertz CT molecular complexity index is 378. The summed E-state index contributed by atoms with van der Waals surface area (Å²) in [5.41, 5.74) is 1.18. The van der Waals surface area contributed by atoms with Gasteiger partial charge in [-0.15, -0.1) is 0 Å². The van der Waals surface area contributed by atoms with Crippen LogP contribution < -0.4 is 4.74 Å². The maximum atomic E-state index is 5.80. The molecule has 2 rings (SSSR count). The van der Waals surface area contributed by atoms with Crippen molar-refractivity contribution >= 4 is 0 Å². The quantitative estimate of drug-likeness (QED) is 0.560. The number of benzene rings is 1. The lowest BCUT2D eigenvalue weighted by molar-refractivity contribution is 0.201. The zero-order valence-electron chi connectivity index (χ0n) is 9.90. The second kappa shape index (κ2) is 4.71. The Balaban J connectivity index is 2.00. The number of allylic oxidation sites excluding steroid dienone is 2. The molecule has 1 aromatic rings. The van der Waals surface area contributed by atoms with Crippen molar-refractivity contribution in [2.45, 2.75) is 25.9 Å². The van der Waals surface area contributed by atoms with E-state index in [0.717, 1.165) is 18.8 Å². The molecule has 86 valence electrons. The summed E-state index contributed by atoms with van der Waals surface area (Å²) in [5.74, 6) is 0.970. The van der Waals surface area contributed by atoms with E-state index in [1.165, 1.54) is 5.56 Å². The van der Waals surface area contributed by atoms with Crippen molar-refractivity contribution in [2.24, 2.45) is 0 Å². The Labute approximate surface area is 96.9 Å². The average molecular weight is 218 g/mol. The molecule has 0 N–H and O–H groups in total. The third-order valence-electron chi connectivity index (χ3n) is 2.72. The lowest BCUT2D eigenvalue weighted by atomic mass is 10.1. The summed E-state index contributed by atoms with van der Waals surface area (Å²) in [6, 6.07) is 8.17. The average Bonchev–Trinajstić information content (AvgIpc) is 3.04. The number of ether oxygens (including phenoxy) is 2. The highest BCUT2D eigenvalue weighted by atomic mass is 16.6. The van der Waals surface area contributed by atoms with E-state index in [-0.39, 0.29) is 5.60 Å². The van der Waals surface area contributed by atoms with E-state index in [1.807, 2.05) is 25.1 Å². The zero-order chi connectivity index (χ0) is 11.4. The summed E-state index contributed by atoms with van der Waals surface area (Å²) < 4.78 is 11.1. The van der Waals surface area contributed by atoms with Gasteiger partial charge in [0.25, 0.3) is 0 Å². The first-order valence-electron chi connectivity index (χ1n) is 5.69. The maximum absolute atomic E-state index is 5.80. The fraction of sp³-hybridized carbons (Fsp3) is 0.429. The lowest BCUT2D eigenvalue weighted by Gasteiger charge is -2.12. The minimum Gasteiger partial charge on any atom is -0.490 e. The standard InChI is InChI=1S/C14H18O2/c1-3-4-7-12-8-5-6-9-13(12)15-10-14(2)11-16-14/h3-6,8-9H,7,10-11H2,1-2H3/b4-3+. The Hall–Kier alpha value is -1.28. The SMILES string of the molecule is C/C=C/Cc1ccccc1OCC1(C)CO1. The number of epoxide rings is 1. The maximum Gasteiger partial charge on any atom is 0.123 e. The molecule has 0 amide bonds. The number of hydrogen-bond donors (Lipinski definition) is 0. The molecule has 0 bridgehead atoms. The lowest BCUT2D eigenvalue weighted by Crippen LogP contribution is -2.17. The number of hydrogen-bond acceptors (Lipinski definition) is 2. The molecule has 16 heavy (non-hydrogen) atoms. The molecule has 0 aliphatic carbocycles. The molecule has 1 fully saturated rings. The monoisotopic (exact) mass is 218 g/mol. The van der Waals surface area contributed by atoms with Crippen LogP contribution in [0.15, 0.2) is 36.4 Å². The van der Waals surface area contributed by atoms with Gasteiger partial charge < -0.3 is 9.47 Å². The van der Waals surface area contributed by atoms with Crippen LogP contribution in [-0.2, 0) is 11.2 Å². The summed E-state index contributed by atoms with van der Waals surface area (Å²) in [5, 5.41) is 0. The zero-order valence-corrected chi connectivity index (χ0v) is 9.90. The van der Waals surface area contributed by atoms with Crippen LogP contribution in [0.25, 0.3) is 0 Å². The summed E-state index contributed by atoms with van der Waals surface area (Å²) in [7, 11) is 0. The predicted molar refractivity (Wildman–Crippen MR) is 64.8 cm³/mol. The molecule has 0 radical (unpaired) electrons.